The topological polar surface area (TPSA) is 44.5 Å². The summed E-state index contributed by atoms with van der Waals surface area (Å²) in [5.74, 6) is 0. The van der Waals surface area contributed by atoms with Crippen molar-refractivity contribution in [2.75, 3.05) is 26.4 Å². The first-order valence-electron chi connectivity index (χ1n) is 5.46. The minimum atomic E-state index is -4.10. The molecule has 6 heteroatoms. The van der Waals surface area contributed by atoms with Crippen LogP contribution in [0.1, 0.15) is 25.7 Å². The summed E-state index contributed by atoms with van der Waals surface area (Å²) in [6.07, 6.45) is -3.59. The Hall–Kier alpha value is -0.330. The van der Waals surface area contributed by atoms with E-state index < -0.39 is 18.2 Å². The van der Waals surface area contributed by atoms with Gasteiger partial charge in [-0.3, -0.25) is 0 Å². The summed E-state index contributed by atoms with van der Waals surface area (Å²) >= 11 is 0. The number of halogens is 3. The highest BCUT2D eigenvalue weighted by Gasteiger charge is 2.32. The van der Waals surface area contributed by atoms with Crippen molar-refractivity contribution in [2.45, 2.75) is 37.5 Å². The molecule has 1 saturated heterocycles. The molecule has 1 rings (SSSR count). The normalized spacial score (nSPS) is 21.0. The Morgan fingerprint density at radius 3 is 2.38 bits per heavy atom. The van der Waals surface area contributed by atoms with Crippen LogP contribution in [0.15, 0.2) is 0 Å². The van der Waals surface area contributed by atoms with Crippen molar-refractivity contribution in [3.05, 3.63) is 0 Å². The first kappa shape index (κ1) is 13.7. The molecule has 0 bridgehead atoms. The van der Waals surface area contributed by atoms with E-state index >= 15 is 0 Å². The van der Waals surface area contributed by atoms with Crippen molar-refractivity contribution in [3.8, 4) is 0 Å². The molecule has 1 aliphatic rings. The first-order valence-corrected chi connectivity index (χ1v) is 5.46. The minimum absolute atomic E-state index is 0.00783. The first-order chi connectivity index (χ1) is 7.47. The van der Waals surface area contributed by atoms with Crippen LogP contribution >= 0.6 is 0 Å². The number of ether oxygens (including phenoxy) is 2. The van der Waals surface area contributed by atoms with Gasteiger partial charge in [-0.1, -0.05) is 0 Å². The van der Waals surface area contributed by atoms with Crippen LogP contribution in [-0.4, -0.2) is 38.1 Å². The van der Waals surface area contributed by atoms with E-state index in [0.717, 1.165) is 0 Å². The predicted octanol–water partition coefficient (Wildman–Crippen LogP) is 1.85. The Labute approximate surface area is 93.1 Å². The zero-order chi connectivity index (χ0) is 12.1. The molecule has 3 nitrogen and oxygen atoms in total. The van der Waals surface area contributed by atoms with Crippen LogP contribution in [0.5, 0.6) is 0 Å². The molecule has 16 heavy (non-hydrogen) atoms. The second-order valence-electron chi connectivity index (χ2n) is 4.07. The van der Waals surface area contributed by atoms with Crippen LogP contribution in [-0.2, 0) is 9.47 Å². The second kappa shape index (κ2) is 5.84. The molecule has 0 aromatic carbocycles. The van der Waals surface area contributed by atoms with Gasteiger partial charge in [0.25, 0.3) is 0 Å². The molecule has 0 amide bonds. The Morgan fingerprint density at radius 2 is 1.88 bits per heavy atom. The Balaban J connectivity index is 2.23. The monoisotopic (exact) mass is 241 g/mol. The molecule has 0 saturated carbocycles. The van der Waals surface area contributed by atoms with Crippen LogP contribution in [0, 0.1) is 0 Å². The van der Waals surface area contributed by atoms with Crippen LogP contribution in [0.3, 0.4) is 0 Å². The third kappa shape index (κ3) is 4.67. The molecule has 0 unspecified atom stereocenters. The lowest BCUT2D eigenvalue weighted by atomic mass is 9.94. The van der Waals surface area contributed by atoms with Crippen LogP contribution in [0.2, 0.25) is 0 Å². The summed E-state index contributed by atoms with van der Waals surface area (Å²) in [4.78, 5) is 0. The Kier molecular flexibility index (Phi) is 5.01. The number of hydrogen-bond donors (Lipinski definition) is 1. The van der Waals surface area contributed by atoms with Gasteiger partial charge >= 0.3 is 6.18 Å². The fourth-order valence-electron chi connectivity index (χ4n) is 1.71. The van der Waals surface area contributed by atoms with Gasteiger partial charge in [0.1, 0.15) is 0 Å². The van der Waals surface area contributed by atoms with Crippen molar-refractivity contribution in [3.63, 3.8) is 0 Å². The SMILES string of the molecule is NCC1(OCCCC(F)(F)F)CCOCC1. The fourth-order valence-corrected chi connectivity index (χ4v) is 1.71. The summed E-state index contributed by atoms with van der Waals surface area (Å²) in [7, 11) is 0. The van der Waals surface area contributed by atoms with Crippen molar-refractivity contribution < 1.29 is 22.6 Å². The van der Waals surface area contributed by atoms with E-state index in [4.69, 9.17) is 15.2 Å². The Bertz CT molecular complexity index is 203. The molecule has 2 N–H and O–H groups in total. The van der Waals surface area contributed by atoms with E-state index in [9.17, 15) is 13.2 Å². The van der Waals surface area contributed by atoms with Gasteiger partial charge < -0.3 is 15.2 Å². The maximum absolute atomic E-state index is 11.9. The smallest absolute Gasteiger partial charge is 0.381 e. The molecular weight excluding hydrogens is 223 g/mol. The molecule has 0 aromatic rings. The summed E-state index contributed by atoms with van der Waals surface area (Å²) in [6, 6.07) is 0. The molecule has 0 aliphatic carbocycles. The zero-order valence-corrected chi connectivity index (χ0v) is 9.18. The van der Waals surface area contributed by atoms with Gasteiger partial charge in [0.15, 0.2) is 0 Å². The average molecular weight is 241 g/mol. The molecule has 0 aromatic heterocycles. The highest BCUT2D eigenvalue weighted by Crippen LogP contribution is 2.26. The van der Waals surface area contributed by atoms with E-state index in [1.165, 1.54) is 0 Å². The largest absolute Gasteiger partial charge is 0.389 e. The third-order valence-corrected chi connectivity index (χ3v) is 2.79. The lowest BCUT2D eigenvalue weighted by Gasteiger charge is -2.36. The van der Waals surface area contributed by atoms with Crippen molar-refractivity contribution >= 4 is 0 Å². The van der Waals surface area contributed by atoms with Crippen molar-refractivity contribution in [1.29, 1.82) is 0 Å². The summed E-state index contributed by atoms with van der Waals surface area (Å²) < 4.78 is 46.4. The van der Waals surface area contributed by atoms with E-state index in [1.54, 1.807) is 0 Å². The van der Waals surface area contributed by atoms with Gasteiger partial charge in [0, 0.05) is 45.6 Å². The number of hydrogen-bond acceptors (Lipinski definition) is 3. The molecular formula is C10H18F3NO2. The number of rotatable bonds is 5. The van der Waals surface area contributed by atoms with Gasteiger partial charge in [0.2, 0.25) is 0 Å². The van der Waals surface area contributed by atoms with Gasteiger partial charge in [-0.25, -0.2) is 0 Å². The zero-order valence-electron chi connectivity index (χ0n) is 9.18. The van der Waals surface area contributed by atoms with E-state index in [-0.39, 0.29) is 13.0 Å². The maximum Gasteiger partial charge on any atom is 0.389 e. The lowest BCUT2D eigenvalue weighted by molar-refractivity contribution is -0.147. The van der Waals surface area contributed by atoms with Gasteiger partial charge in [0.05, 0.1) is 5.60 Å². The average Bonchev–Trinajstić information content (AvgIpc) is 2.25. The van der Waals surface area contributed by atoms with Crippen LogP contribution in [0.4, 0.5) is 13.2 Å². The number of nitrogens with two attached hydrogens (primary N) is 1. The highest BCUT2D eigenvalue weighted by atomic mass is 19.4. The molecule has 0 spiro atoms. The quantitative estimate of drug-likeness (QED) is 0.747. The van der Waals surface area contributed by atoms with Gasteiger partial charge in [-0.05, 0) is 6.42 Å². The Morgan fingerprint density at radius 1 is 1.25 bits per heavy atom. The second-order valence-corrected chi connectivity index (χ2v) is 4.07. The van der Waals surface area contributed by atoms with Crippen LogP contribution < -0.4 is 5.73 Å². The van der Waals surface area contributed by atoms with E-state index in [0.29, 0.717) is 32.6 Å². The third-order valence-electron chi connectivity index (χ3n) is 2.79. The number of alkyl halides is 3. The minimum Gasteiger partial charge on any atom is -0.381 e. The van der Waals surface area contributed by atoms with Gasteiger partial charge in [-0.15, -0.1) is 0 Å². The molecule has 1 heterocycles. The molecule has 1 aliphatic heterocycles. The van der Waals surface area contributed by atoms with Crippen LogP contribution in [0.25, 0.3) is 0 Å². The van der Waals surface area contributed by atoms with Crippen molar-refractivity contribution in [2.24, 2.45) is 5.73 Å². The molecule has 1 fully saturated rings. The fraction of sp³-hybridized carbons (Fsp3) is 1.00. The maximum atomic E-state index is 11.9. The lowest BCUT2D eigenvalue weighted by Crippen LogP contribution is -2.45. The summed E-state index contributed by atoms with van der Waals surface area (Å²) in [6.45, 7) is 1.58. The standard InChI is InChI=1S/C10H18F3NO2/c11-10(12,13)2-1-5-16-9(8-14)3-6-15-7-4-9/h1-8,14H2. The van der Waals surface area contributed by atoms with E-state index in [1.807, 2.05) is 0 Å². The summed E-state index contributed by atoms with van der Waals surface area (Å²) in [5.41, 5.74) is 5.14. The molecule has 0 radical (unpaired) electrons. The van der Waals surface area contributed by atoms with Gasteiger partial charge in [-0.2, -0.15) is 13.2 Å². The highest BCUT2D eigenvalue weighted by molar-refractivity contribution is 4.84. The molecule has 0 atom stereocenters. The predicted molar refractivity (Wildman–Crippen MR) is 53.1 cm³/mol. The van der Waals surface area contributed by atoms with E-state index in [2.05, 4.69) is 0 Å². The summed E-state index contributed by atoms with van der Waals surface area (Å²) in [5, 5.41) is 0. The molecule has 96 valence electrons. The van der Waals surface area contributed by atoms with Crippen molar-refractivity contribution in [1.82, 2.24) is 0 Å².